The molecular formula is C30H31F6N7O2. The molecule has 0 spiro atoms. The van der Waals surface area contributed by atoms with E-state index < -0.39 is 63.7 Å². The molecule has 6 atom stereocenters. The molecule has 0 aliphatic carbocycles. The molecule has 5 aliphatic rings. The summed E-state index contributed by atoms with van der Waals surface area (Å²) < 4.78 is 101. The second kappa shape index (κ2) is 9.95. The smallest absolute Gasteiger partial charge is 0.417 e. The van der Waals surface area contributed by atoms with Crippen molar-refractivity contribution < 1.29 is 35.8 Å². The Morgan fingerprint density at radius 3 is 2.76 bits per heavy atom. The van der Waals surface area contributed by atoms with Crippen molar-refractivity contribution >= 4 is 22.4 Å². The minimum Gasteiger partial charge on any atom is -0.472 e. The van der Waals surface area contributed by atoms with Crippen molar-refractivity contribution in [3.63, 3.8) is 0 Å². The topological polar surface area (TPSA) is 102 Å². The zero-order chi connectivity index (χ0) is 31.4. The van der Waals surface area contributed by atoms with E-state index in [4.69, 9.17) is 20.2 Å². The number of alkyl halides is 4. The number of halogens is 6. The summed E-state index contributed by atoms with van der Waals surface area (Å²) in [5, 5.41) is 3.64. The van der Waals surface area contributed by atoms with E-state index >= 15 is 8.78 Å². The number of ether oxygens (including phenoxy) is 2. The first-order chi connectivity index (χ1) is 21.4. The fraction of sp³-hybridized carbons (Fsp3) is 0.567. The number of nitrogens with one attached hydrogen (secondary N) is 1. The lowest BCUT2D eigenvalue weighted by molar-refractivity contribution is -0.137. The highest BCUT2D eigenvalue weighted by molar-refractivity contribution is 5.97. The number of nitrogens with zero attached hydrogens (tertiary/aromatic N) is 5. The number of hydrogen-bond acceptors (Lipinski definition) is 9. The highest BCUT2D eigenvalue weighted by Gasteiger charge is 2.50. The fourth-order valence-corrected chi connectivity index (χ4v) is 8.23. The van der Waals surface area contributed by atoms with Crippen molar-refractivity contribution in [3.05, 3.63) is 29.3 Å². The summed E-state index contributed by atoms with van der Waals surface area (Å²) in [7, 11) is 0. The van der Waals surface area contributed by atoms with Crippen molar-refractivity contribution in [1.82, 2.24) is 25.2 Å². The van der Waals surface area contributed by atoms with Gasteiger partial charge in [0.2, 0.25) is 5.88 Å². The van der Waals surface area contributed by atoms with Crippen LogP contribution < -0.4 is 25.4 Å². The number of nitrogens with two attached hydrogens (primary N) is 1. The molecule has 8 rings (SSSR count). The Morgan fingerprint density at radius 1 is 1.13 bits per heavy atom. The van der Waals surface area contributed by atoms with E-state index in [1.807, 2.05) is 4.90 Å². The molecule has 0 amide bonds. The molecule has 240 valence electrons. The van der Waals surface area contributed by atoms with Crippen LogP contribution in [0.3, 0.4) is 0 Å². The van der Waals surface area contributed by atoms with Gasteiger partial charge in [-0.2, -0.15) is 23.1 Å². The molecule has 3 N–H and O–H groups in total. The Kier molecular flexibility index (Phi) is 6.38. The Balaban J connectivity index is 1.33. The molecule has 3 aromatic rings. The van der Waals surface area contributed by atoms with E-state index in [2.05, 4.69) is 20.2 Å². The van der Waals surface area contributed by atoms with Crippen LogP contribution in [0, 0.1) is 11.6 Å². The zero-order valence-corrected chi connectivity index (χ0v) is 24.3. The largest absolute Gasteiger partial charge is 0.472 e. The van der Waals surface area contributed by atoms with Gasteiger partial charge in [0.25, 0.3) is 0 Å². The highest BCUT2D eigenvalue weighted by atomic mass is 19.4. The minimum absolute atomic E-state index is 0.000809. The average molecular weight is 636 g/mol. The van der Waals surface area contributed by atoms with Gasteiger partial charge in [0.1, 0.15) is 41.3 Å². The molecular weight excluding hydrogens is 604 g/mol. The number of hydrogen-bond donors (Lipinski definition) is 2. The van der Waals surface area contributed by atoms with E-state index in [0.29, 0.717) is 25.6 Å². The van der Waals surface area contributed by atoms with Crippen LogP contribution in [0.4, 0.5) is 37.8 Å². The van der Waals surface area contributed by atoms with Gasteiger partial charge in [-0.15, -0.1) is 0 Å². The van der Waals surface area contributed by atoms with Crippen LogP contribution in [0.15, 0.2) is 12.1 Å². The minimum atomic E-state index is -5.05. The fourth-order valence-electron chi connectivity index (χ4n) is 8.23. The van der Waals surface area contributed by atoms with Crippen LogP contribution in [-0.4, -0.2) is 82.0 Å². The number of pyridine rings is 1. The summed E-state index contributed by atoms with van der Waals surface area (Å²) in [6.45, 7) is 3.39. The van der Waals surface area contributed by atoms with Crippen molar-refractivity contribution in [2.75, 3.05) is 36.9 Å². The van der Waals surface area contributed by atoms with Crippen molar-refractivity contribution in [2.24, 2.45) is 0 Å². The van der Waals surface area contributed by atoms with Crippen molar-refractivity contribution in [2.45, 2.75) is 81.1 Å². The molecule has 5 aliphatic heterocycles. The predicted molar refractivity (Wildman–Crippen MR) is 152 cm³/mol. The molecule has 0 unspecified atom stereocenters. The summed E-state index contributed by atoms with van der Waals surface area (Å²) in [5.41, 5.74) is 0.566. The summed E-state index contributed by atoms with van der Waals surface area (Å²) in [5.74, 6) is -2.70. The first kappa shape index (κ1) is 28.9. The third kappa shape index (κ3) is 4.40. The average Bonchev–Trinajstić information content (AvgIpc) is 3.62. The molecule has 2 aromatic heterocycles. The van der Waals surface area contributed by atoms with Gasteiger partial charge in [-0.05, 0) is 51.3 Å². The second-order valence-electron chi connectivity index (χ2n) is 12.9. The van der Waals surface area contributed by atoms with Crippen LogP contribution >= 0.6 is 0 Å². The highest BCUT2D eigenvalue weighted by Crippen LogP contribution is 2.47. The molecule has 4 saturated heterocycles. The second-order valence-corrected chi connectivity index (χ2v) is 12.9. The number of benzene rings is 1. The summed E-state index contributed by atoms with van der Waals surface area (Å²) in [4.78, 5) is 17.3. The number of aromatic nitrogens is 3. The first-order valence-corrected chi connectivity index (χ1v) is 15.2. The number of fused-ring (bicyclic) bond motifs is 6. The Bertz CT molecular complexity index is 1710. The number of anilines is 2. The molecule has 2 bridgehead atoms. The molecule has 1 aromatic carbocycles. The van der Waals surface area contributed by atoms with E-state index in [0.717, 1.165) is 31.9 Å². The lowest BCUT2D eigenvalue weighted by atomic mass is 9.95. The normalized spacial score (nSPS) is 30.7. The monoisotopic (exact) mass is 635 g/mol. The molecule has 45 heavy (non-hydrogen) atoms. The molecule has 15 heteroatoms. The van der Waals surface area contributed by atoms with Gasteiger partial charge >= 0.3 is 12.2 Å². The number of rotatable bonds is 4. The summed E-state index contributed by atoms with van der Waals surface area (Å²) in [6.07, 6.45) is -2.98. The zero-order valence-electron chi connectivity index (χ0n) is 24.3. The van der Waals surface area contributed by atoms with Crippen molar-refractivity contribution in [3.8, 4) is 23.1 Å². The van der Waals surface area contributed by atoms with Gasteiger partial charge in [0, 0.05) is 31.6 Å². The number of piperazine rings is 1. The molecule has 4 fully saturated rings. The lowest BCUT2D eigenvalue weighted by Gasteiger charge is -2.42. The SMILES string of the molecule is C[C@@H]1Oc2nc(-c3c(C(F)(F)F)ccc(N)c3F)c(F)c3nc(OC[C@@]45CCCN4C[C@H](F)C5)nc(c23)N2C[C@H]3CC[C@H](N3)[C@@H]12. The predicted octanol–water partition coefficient (Wildman–Crippen LogP) is 4.62. The standard InChI is InChI=1S/C30H31F6N7O2/c1-13-25-18-6-3-15(38-18)11-43(25)26-20-24(40-28(41-26)44-12-29-7-2-8-42(29)10-14(31)9-29)22(33)23(39-27(20)45-13)19-16(30(34,35)36)4-5-17(37)21(19)32/h4-5,13-15,18,25,38H,2-3,6-12,37H2,1H3/t13-,14+,15+,18-,25+,29-/m0/s1. The van der Waals surface area contributed by atoms with Crippen LogP contribution in [0.2, 0.25) is 0 Å². The van der Waals surface area contributed by atoms with E-state index in [1.165, 1.54) is 0 Å². The summed E-state index contributed by atoms with van der Waals surface area (Å²) >= 11 is 0. The van der Waals surface area contributed by atoms with Gasteiger partial charge in [-0.1, -0.05) is 0 Å². The van der Waals surface area contributed by atoms with Gasteiger partial charge in [0.15, 0.2) is 11.6 Å². The quantitative estimate of drug-likeness (QED) is 0.314. The van der Waals surface area contributed by atoms with Crippen LogP contribution in [0.1, 0.15) is 44.6 Å². The molecule has 9 nitrogen and oxygen atoms in total. The van der Waals surface area contributed by atoms with Gasteiger partial charge in [0.05, 0.1) is 28.4 Å². The van der Waals surface area contributed by atoms with Gasteiger partial charge in [-0.25, -0.2) is 18.2 Å². The third-order valence-electron chi connectivity index (χ3n) is 10.2. The number of nitrogen functional groups attached to an aromatic ring is 1. The molecule has 0 saturated carbocycles. The van der Waals surface area contributed by atoms with E-state index in [9.17, 15) is 17.6 Å². The Hall–Kier alpha value is -3.59. The lowest BCUT2D eigenvalue weighted by Crippen LogP contribution is -2.62. The van der Waals surface area contributed by atoms with E-state index in [-0.39, 0.29) is 54.2 Å². The first-order valence-electron chi connectivity index (χ1n) is 15.2. The van der Waals surface area contributed by atoms with E-state index in [1.54, 1.807) is 6.92 Å². The van der Waals surface area contributed by atoms with Crippen LogP contribution in [0.5, 0.6) is 11.9 Å². The van der Waals surface area contributed by atoms with Crippen molar-refractivity contribution in [1.29, 1.82) is 0 Å². The molecule has 0 radical (unpaired) electrons. The maximum absolute atomic E-state index is 16.6. The van der Waals surface area contributed by atoms with Crippen LogP contribution in [0.25, 0.3) is 22.2 Å². The molecule has 7 heterocycles. The Morgan fingerprint density at radius 2 is 1.96 bits per heavy atom. The Labute approximate surface area is 254 Å². The summed E-state index contributed by atoms with van der Waals surface area (Å²) in [6, 6.07) is 1.00. The van der Waals surface area contributed by atoms with Gasteiger partial charge in [-0.3, -0.25) is 4.90 Å². The third-order valence-corrected chi connectivity index (χ3v) is 10.2. The van der Waals surface area contributed by atoms with Crippen LogP contribution in [-0.2, 0) is 6.18 Å². The maximum atomic E-state index is 16.6. The maximum Gasteiger partial charge on any atom is 0.417 e. The van der Waals surface area contributed by atoms with Gasteiger partial charge < -0.3 is 25.4 Å².